The predicted molar refractivity (Wildman–Crippen MR) is 136 cm³/mol. The van der Waals surface area contributed by atoms with Crippen molar-refractivity contribution in [3.05, 3.63) is 77.6 Å². The Balaban J connectivity index is 1.95. The van der Waals surface area contributed by atoms with E-state index in [4.69, 9.17) is 18.4 Å². The fourth-order valence-corrected chi connectivity index (χ4v) is 4.53. The molecule has 8 nitrogen and oxygen atoms in total. The lowest BCUT2D eigenvalue weighted by atomic mass is 10.1. The van der Waals surface area contributed by atoms with Crippen molar-refractivity contribution in [2.24, 2.45) is 0 Å². The molecule has 0 aliphatic heterocycles. The smallest absolute Gasteiger partial charge is 0.339 e. The Hall–Kier alpha value is -3.79. The van der Waals surface area contributed by atoms with Crippen LogP contribution in [0.3, 0.4) is 0 Å². The third kappa shape index (κ3) is 6.71. The highest BCUT2D eigenvalue weighted by atomic mass is 32.2. The molecule has 0 fully saturated rings. The summed E-state index contributed by atoms with van der Waals surface area (Å²) in [5.74, 6) is 0.291. The largest absolute Gasteiger partial charge is 0.497 e. The highest BCUT2D eigenvalue weighted by molar-refractivity contribution is 7.87. The molecule has 3 aromatic rings. The van der Waals surface area contributed by atoms with Gasteiger partial charge in [-0.15, -0.1) is 0 Å². The molecule has 1 atom stereocenters. The molecular formula is C27H30FNO7S. The summed E-state index contributed by atoms with van der Waals surface area (Å²) < 4.78 is 60.1. The van der Waals surface area contributed by atoms with E-state index >= 15 is 0 Å². The molecule has 0 saturated carbocycles. The van der Waals surface area contributed by atoms with Crippen LogP contribution in [0, 0.1) is 5.82 Å². The van der Waals surface area contributed by atoms with E-state index in [9.17, 15) is 17.6 Å². The van der Waals surface area contributed by atoms with E-state index in [1.54, 1.807) is 35.2 Å². The molecule has 37 heavy (non-hydrogen) atoms. The lowest BCUT2D eigenvalue weighted by Crippen LogP contribution is -2.37. The van der Waals surface area contributed by atoms with Gasteiger partial charge in [-0.05, 0) is 67.4 Å². The predicted octanol–water partition coefficient (Wildman–Crippen LogP) is 5.06. The number of benzene rings is 3. The third-order valence-electron chi connectivity index (χ3n) is 5.86. The van der Waals surface area contributed by atoms with Gasteiger partial charge >= 0.3 is 10.1 Å². The van der Waals surface area contributed by atoms with E-state index in [0.29, 0.717) is 29.0 Å². The second kappa shape index (κ2) is 12.0. The average molecular weight is 532 g/mol. The van der Waals surface area contributed by atoms with Crippen LogP contribution in [0.2, 0.25) is 0 Å². The Labute approximate surface area is 216 Å². The van der Waals surface area contributed by atoms with E-state index in [1.807, 2.05) is 13.8 Å². The van der Waals surface area contributed by atoms with Crippen molar-refractivity contribution >= 4 is 16.0 Å². The first-order valence-electron chi connectivity index (χ1n) is 11.5. The Morgan fingerprint density at radius 1 is 0.892 bits per heavy atom. The third-order valence-corrected chi connectivity index (χ3v) is 7.11. The second-order valence-corrected chi connectivity index (χ2v) is 9.81. The molecule has 3 aromatic carbocycles. The number of hydrogen-bond donors (Lipinski definition) is 0. The van der Waals surface area contributed by atoms with Gasteiger partial charge in [0.15, 0.2) is 11.5 Å². The monoisotopic (exact) mass is 531 g/mol. The van der Waals surface area contributed by atoms with E-state index in [-0.39, 0.29) is 34.9 Å². The zero-order valence-electron chi connectivity index (χ0n) is 21.4. The van der Waals surface area contributed by atoms with Crippen LogP contribution in [0.1, 0.15) is 36.2 Å². The summed E-state index contributed by atoms with van der Waals surface area (Å²) in [5, 5.41) is 0. The van der Waals surface area contributed by atoms with Crippen molar-refractivity contribution in [3.63, 3.8) is 0 Å². The number of amides is 1. The highest BCUT2D eigenvalue weighted by Crippen LogP contribution is 2.32. The van der Waals surface area contributed by atoms with Crippen LogP contribution in [-0.4, -0.2) is 46.6 Å². The minimum absolute atomic E-state index is 0.0519. The molecule has 0 aromatic heterocycles. The minimum atomic E-state index is -4.26. The number of ether oxygens (including phenoxy) is 3. The van der Waals surface area contributed by atoms with Gasteiger partial charge in [0.25, 0.3) is 5.91 Å². The first-order chi connectivity index (χ1) is 17.6. The number of carbonyl (C=O) groups is 1. The number of carbonyl (C=O) groups excluding carboxylic acids is 1. The van der Waals surface area contributed by atoms with E-state index in [1.165, 1.54) is 27.4 Å². The summed E-state index contributed by atoms with van der Waals surface area (Å²) in [6.45, 7) is 4.06. The summed E-state index contributed by atoms with van der Waals surface area (Å²) in [5.41, 5.74) is 1.01. The Bertz CT molecular complexity index is 1320. The molecule has 1 amide bonds. The number of nitrogens with zero attached hydrogens (tertiary/aromatic N) is 1. The van der Waals surface area contributed by atoms with Crippen molar-refractivity contribution in [1.29, 1.82) is 0 Å². The number of rotatable bonds is 11. The molecule has 3 rings (SSSR count). The zero-order valence-corrected chi connectivity index (χ0v) is 22.2. The van der Waals surface area contributed by atoms with Gasteiger partial charge < -0.3 is 23.3 Å². The normalized spacial score (nSPS) is 11.9. The van der Waals surface area contributed by atoms with Crippen LogP contribution in [0.25, 0.3) is 0 Å². The van der Waals surface area contributed by atoms with Crippen molar-refractivity contribution < 1.29 is 36.0 Å². The maximum absolute atomic E-state index is 13.6. The van der Waals surface area contributed by atoms with E-state index in [2.05, 4.69) is 0 Å². The lowest BCUT2D eigenvalue weighted by molar-refractivity contribution is 0.0670. The Morgan fingerprint density at radius 3 is 2.05 bits per heavy atom. The summed E-state index contributed by atoms with van der Waals surface area (Å²) in [6, 6.07) is 13.9. The highest BCUT2D eigenvalue weighted by Gasteiger charge is 2.24. The van der Waals surface area contributed by atoms with Gasteiger partial charge in [0, 0.05) is 24.2 Å². The van der Waals surface area contributed by atoms with Crippen LogP contribution >= 0.6 is 0 Å². The lowest BCUT2D eigenvalue weighted by Gasteiger charge is -2.29. The van der Waals surface area contributed by atoms with Crippen molar-refractivity contribution in [1.82, 2.24) is 4.90 Å². The summed E-state index contributed by atoms with van der Waals surface area (Å²) in [6.07, 6.45) is 0.686. The van der Waals surface area contributed by atoms with Gasteiger partial charge in [-0.1, -0.05) is 13.0 Å². The molecule has 0 bridgehead atoms. The molecule has 198 valence electrons. The number of methoxy groups -OCH3 is 3. The minimum Gasteiger partial charge on any atom is -0.497 e. The number of halogens is 1. The fraction of sp³-hybridized carbons (Fsp3) is 0.296. The topological polar surface area (TPSA) is 91.4 Å². The van der Waals surface area contributed by atoms with Gasteiger partial charge in [-0.2, -0.15) is 8.42 Å². The van der Waals surface area contributed by atoms with Crippen molar-refractivity contribution in [3.8, 4) is 23.0 Å². The van der Waals surface area contributed by atoms with Gasteiger partial charge in [-0.3, -0.25) is 4.79 Å². The van der Waals surface area contributed by atoms with Gasteiger partial charge in [0.1, 0.15) is 22.2 Å². The maximum atomic E-state index is 13.6. The van der Waals surface area contributed by atoms with Crippen LogP contribution in [0.5, 0.6) is 23.0 Å². The molecule has 0 heterocycles. The van der Waals surface area contributed by atoms with Gasteiger partial charge in [0.2, 0.25) is 0 Å². The summed E-state index contributed by atoms with van der Waals surface area (Å²) in [7, 11) is 0.144. The van der Waals surface area contributed by atoms with Crippen molar-refractivity contribution in [2.45, 2.75) is 37.8 Å². The second-order valence-electron chi connectivity index (χ2n) is 8.27. The molecule has 0 spiro atoms. The summed E-state index contributed by atoms with van der Waals surface area (Å²) in [4.78, 5) is 15.0. The summed E-state index contributed by atoms with van der Waals surface area (Å²) >= 11 is 0. The van der Waals surface area contributed by atoms with Crippen LogP contribution in [0.4, 0.5) is 4.39 Å². The molecule has 1 unspecified atom stereocenters. The molecule has 0 aliphatic rings. The first kappa shape index (κ1) is 27.8. The van der Waals surface area contributed by atoms with Crippen molar-refractivity contribution in [2.75, 3.05) is 21.3 Å². The molecule has 0 radical (unpaired) electrons. The molecule has 0 aliphatic carbocycles. The first-order valence-corrected chi connectivity index (χ1v) is 12.9. The number of hydrogen-bond acceptors (Lipinski definition) is 7. The SMILES string of the molecule is CCC(C)N(Cc1ccc(OC)c(OS(=O)(=O)c2ccc(F)cc2)c1)C(=O)c1cc(OC)cc(OC)c1. The Kier molecular flexibility index (Phi) is 8.99. The van der Waals surface area contributed by atoms with Crippen LogP contribution in [0.15, 0.2) is 65.6 Å². The molecule has 10 heteroatoms. The van der Waals surface area contributed by atoms with Crippen LogP contribution < -0.4 is 18.4 Å². The van der Waals surface area contributed by atoms with Gasteiger partial charge in [0.05, 0.1) is 21.3 Å². The zero-order chi connectivity index (χ0) is 27.2. The molecule has 0 N–H and O–H groups in total. The molecule has 0 saturated heterocycles. The maximum Gasteiger partial charge on any atom is 0.339 e. The van der Waals surface area contributed by atoms with Gasteiger partial charge in [-0.25, -0.2) is 4.39 Å². The van der Waals surface area contributed by atoms with Crippen LogP contribution in [-0.2, 0) is 16.7 Å². The average Bonchev–Trinajstić information content (AvgIpc) is 2.90. The van der Waals surface area contributed by atoms with E-state index < -0.39 is 15.9 Å². The molecular weight excluding hydrogens is 501 g/mol. The fourth-order valence-electron chi connectivity index (χ4n) is 3.59. The quantitative estimate of drug-likeness (QED) is 0.320. The van der Waals surface area contributed by atoms with E-state index in [0.717, 1.165) is 24.3 Å². The standard InChI is InChI=1S/C27H30FNO7S/c1-6-18(2)29(27(30)20-14-22(33-3)16-23(15-20)34-4)17-19-7-12-25(35-5)26(13-19)36-37(31,32)24-10-8-21(28)9-11-24/h7-16,18H,6,17H2,1-5H3. The Morgan fingerprint density at radius 2 is 1.51 bits per heavy atom.